The van der Waals surface area contributed by atoms with Gasteiger partial charge < -0.3 is 15.0 Å². The lowest BCUT2D eigenvalue weighted by Gasteiger charge is -2.18. The summed E-state index contributed by atoms with van der Waals surface area (Å²) in [6.45, 7) is 2.93. The summed E-state index contributed by atoms with van der Waals surface area (Å²) in [6, 6.07) is 5.18. The Bertz CT molecular complexity index is 435. The second-order valence-electron chi connectivity index (χ2n) is 4.75. The summed E-state index contributed by atoms with van der Waals surface area (Å²) >= 11 is 0. The van der Waals surface area contributed by atoms with Gasteiger partial charge in [0.25, 0.3) is 0 Å². The Balaban J connectivity index is 2.85. The van der Waals surface area contributed by atoms with Crippen LogP contribution in [0.5, 0.6) is 5.75 Å². The van der Waals surface area contributed by atoms with Crippen molar-refractivity contribution in [2.45, 2.75) is 19.4 Å². The van der Waals surface area contributed by atoms with Crippen molar-refractivity contribution in [2.24, 2.45) is 0 Å². The molecule has 0 bridgehead atoms. The van der Waals surface area contributed by atoms with Crippen molar-refractivity contribution in [2.75, 3.05) is 33.1 Å². The molecule has 6 heteroatoms. The first-order valence-corrected chi connectivity index (χ1v) is 6.18. The maximum Gasteiger partial charge on any atom is 0.333 e. The number of nitrogens with one attached hydrogen (secondary N) is 1. The lowest BCUT2D eigenvalue weighted by molar-refractivity contribution is -0.384. The van der Waals surface area contributed by atoms with Gasteiger partial charge in [-0.25, -0.2) is 0 Å². The third kappa shape index (κ3) is 4.40. The minimum atomic E-state index is -0.417. The Morgan fingerprint density at radius 2 is 2.16 bits per heavy atom. The van der Waals surface area contributed by atoms with Crippen LogP contribution >= 0.6 is 0 Å². The highest BCUT2D eigenvalue weighted by Crippen LogP contribution is 2.34. The van der Waals surface area contributed by atoms with Gasteiger partial charge in [0, 0.05) is 6.04 Å². The van der Waals surface area contributed by atoms with E-state index in [1.807, 2.05) is 21.0 Å². The highest BCUT2D eigenvalue weighted by atomic mass is 16.6. The second-order valence-corrected chi connectivity index (χ2v) is 4.75. The molecule has 0 aromatic heterocycles. The van der Waals surface area contributed by atoms with Crippen molar-refractivity contribution in [3.63, 3.8) is 0 Å². The summed E-state index contributed by atoms with van der Waals surface area (Å²) in [5.74, 6) is 0.273. The Labute approximate surface area is 113 Å². The summed E-state index contributed by atoms with van der Waals surface area (Å²) in [4.78, 5) is 12.8. The standard InChI is InChI=1S/C13H21N3O3/c1-10(8-9-15(2)3)14-11-6-5-7-12(19-4)13(11)16(17)18/h5-7,10,14H,8-9H2,1-4H3. The predicted octanol–water partition coefficient (Wildman–Crippen LogP) is 2.36. The molecule has 0 saturated heterocycles. The zero-order chi connectivity index (χ0) is 14.4. The van der Waals surface area contributed by atoms with Crippen molar-refractivity contribution < 1.29 is 9.66 Å². The fraction of sp³-hybridized carbons (Fsp3) is 0.538. The number of nitrogens with zero attached hydrogens (tertiary/aromatic N) is 2. The lowest BCUT2D eigenvalue weighted by atomic mass is 10.2. The Kier molecular flexibility index (Phi) is 5.57. The van der Waals surface area contributed by atoms with Crippen molar-refractivity contribution in [3.05, 3.63) is 28.3 Å². The fourth-order valence-electron chi connectivity index (χ4n) is 1.78. The molecule has 0 aliphatic rings. The molecule has 0 spiro atoms. The maximum absolute atomic E-state index is 11.1. The summed E-state index contributed by atoms with van der Waals surface area (Å²) in [6.07, 6.45) is 0.904. The van der Waals surface area contributed by atoms with Crippen LogP contribution in [-0.2, 0) is 0 Å². The Hall–Kier alpha value is -1.82. The average molecular weight is 267 g/mol. The molecule has 1 unspecified atom stereocenters. The Morgan fingerprint density at radius 3 is 2.68 bits per heavy atom. The van der Waals surface area contributed by atoms with Gasteiger partial charge in [-0.1, -0.05) is 6.07 Å². The molecule has 0 saturated carbocycles. The van der Waals surface area contributed by atoms with Gasteiger partial charge in [0.1, 0.15) is 5.69 Å². The zero-order valence-corrected chi connectivity index (χ0v) is 11.8. The number of methoxy groups -OCH3 is 1. The molecule has 1 rings (SSSR count). The molecular weight excluding hydrogens is 246 g/mol. The number of ether oxygens (including phenoxy) is 1. The predicted molar refractivity (Wildman–Crippen MR) is 75.9 cm³/mol. The topological polar surface area (TPSA) is 67.6 Å². The van der Waals surface area contributed by atoms with Gasteiger partial charge in [0.15, 0.2) is 5.75 Å². The van der Waals surface area contributed by atoms with Crippen LogP contribution in [0.2, 0.25) is 0 Å². The molecule has 1 atom stereocenters. The van der Waals surface area contributed by atoms with E-state index in [9.17, 15) is 10.1 Å². The summed E-state index contributed by atoms with van der Waals surface area (Å²) < 4.78 is 5.04. The van der Waals surface area contributed by atoms with Gasteiger partial charge in [0.05, 0.1) is 12.0 Å². The van der Waals surface area contributed by atoms with Crippen LogP contribution < -0.4 is 10.1 Å². The van der Waals surface area contributed by atoms with E-state index in [1.165, 1.54) is 7.11 Å². The van der Waals surface area contributed by atoms with E-state index < -0.39 is 4.92 Å². The average Bonchev–Trinajstić information content (AvgIpc) is 2.35. The first-order valence-electron chi connectivity index (χ1n) is 6.18. The largest absolute Gasteiger partial charge is 0.490 e. The van der Waals surface area contributed by atoms with E-state index in [1.54, 1.807) is 18.2 Å². The molecule has 0 aliphatic heterocycles. The van der Waals surface area contributed by atoms with Gasteiger partial charge in [-0.3, -0.25) is 10.1 Å². The molecule has 6 nitrogen and oxygen atoms in total. The molecule has 1 aromatic carbocycles. The van der Waals surface area contributed by atoms with Crippen molar-refractivity contribution in [1.82, 2.24) is 4.90 Å². The number of hydrogen-bond acceptors (Lipinski definition) is 5. The highest BCUT2D eigenvalue weighted by molar-refractivity contribution is 5.68. The van der Waals surface area contributed by atoms with Crippen LogP contribution in [0.3, 0.4) is 0 Å². The molecular formula is C13H21N3O3. The summed E-state index contributed by atoms with van der Waals surface area (Å²) in [5, 5.41) is 14.3. The van der Waals surface area contributed by atoms with E-state index in [4.69, 9.17) is 4.74 Å². The van der Waals surface area contributed by atoms with Gasteiger partial charge in [0.2, 0.25) is 0 Å². The van der Waals surface area contributed by atoms with Crippen molar-refractivity contribution in [3.8, 4) is 5.75 Å². The van der Waals surface area contributed by atoms with Crippen LogP contribution in [-0.4, -0.2) is 43.6 Å². The van der Waals surface area contributed by atoms with Crippen LogP contribution in [0.15, 0.2) is 18.2 Å². The van der Waals surface area contributed by atoms with E-state index in [2.05, 4.69) is 10.2 Å². The van der Waals surface area contributed by atoms with Crippen LogP contribution in [0.4, 0.5) is 11.4 Å². The molecule has 0 amide bonds. The number of nitro groups is 1. The molecule has 1 aromatic rings. The monoisotopic (exact) mass is 267 g/mol. The van der Waals surface area contributed by atoms with E-state index in [0.717, 1.165) is 13.0 Å². The number of nitro benzene ring substituents is 1. The molecule has 0 radical (unpaired) electrons. The van der Waals surface area contributed by atoms with E-state index >= 15 is 0 Å². The molecule has 1 N–H and O–H groups in total. The molecule has 0 aliphatic carbocycles. The summed E-state index contributed by atoms with van der Waals surface area (Å²) in [7, 11) is 5.43. The molecule has 106 valence electrons. The molecule has 0 heterocycles. The number of hydrogen-bond donors (Lipinski definition) is 1. The first-order chi connectivity index (χ1) is 8.95. The quantitative estimate of drug-likeness (QED) is 0.606. The van der Waals surface area contributed by atoms with E-state index in [-0.39, 0.29) is 17.5 Å². The minimum absolute atomic E-state index is 0.0123. The van der Waals surface area contributed by atoms with Gasteiger partial charge >= 0.3 is 5.69 Å². The van der Waals surface area contributed by atoms with Crippen molar-refractivity contribution in [1.29, 1.82) is 0 Å². The number of rotatable bonds is 7. The molecule has 19 heavy (non-hydrogen) atoms. The number of para-hydroxylation sites is 1. The second kappa shape index (κ2) is 6.94. The third-order valence-electron chi connectivity index (χ3n) is 2.81. The van der Waals surface area contributed by atoms with Gasteiger partial charge in [-0.15, -0.1) is 0 Å². The maximum atomic E-state index is 11.1. The van der Waals surface area contributed by atoms with Crippen molar-refractivity contribution >= 4 is 11.4 Å². The smallest absolute Gasteiger partial charge is 0.333 e. The van der Waals surface area contributed by atoms with Gasteiger partial charge in [-0.2, -0.15) is 0 Å². The van der Waals surface area contributed by atoms with E-state index in [0.29, 0.717) is 5.69 Å². The van der Waals surface area contributed by atoms with Gasteiger partial charge in [-0.05, 0) is 46.1 Å². The number of anilines is 1. The zero-order valence-electron chi connectivity index (χ0n) is 11.8. The number of benzene rings is 1. The van der Waals surface area contributed by atoms with Crippen LogP contribution in [0, 0.1) is 10.1 Å². The fourth-order valence-corrected chi connectivity index (χ4v) is 1.78. The third-order valence-corrected chi connectivity index (χ3v) is 2.81. The lowest BCUT2D eigenvalue weighted by Crippen LogP contribution is -2.23. The Morgan fingerprint density at radius 1 is 1.47 bits per heavy atom. The molecule has 0 fully saturated rings. The first kappa shape index (κ1) is 15.2. The normalized spacial score (nSPS) is 12.3. The minimum Gasteiger partial charge on any atom is -0.490 e. The summed E-state index contributed by atoms with van der Waals surface area (Å²) in [5.41, 5.74) is 0.484. The SMILES string of the molecule is COc1cccc(NC(C)CCN(C)C)c1[N+](=O)[O-]. The highest BCUT2D eigenvalue weighted by Gasteiger charge is 2.21. The van der Waals surface area contributed by atoms with Crippen LogP contribution in [0.1, 0.15) is 13.3 Å². The van der Waals surface area contributed by atoms with Crippen LogP contribution in [0.25, 0.3) is 0 Å².